The molecule has 4 nitrogen and oxygen atoms in total. The van der Waals surface area contributed by atoms with Crippen LogP contribution >= 0.6 is 11.3 Å². The number of aliphatic hydroxyl groups is 1. The number of nitrogens with zero attached hydrogens (tertiary/aromatic N) is 2. The summed E-state index contributed by atoms with van der Waals surface area (Å²) >= 11 is 1.40. The molecule has 0 spiro atoms. The van der Waals surface area contributed by atoms with Crippen molar-refractivity contribution in [1.82, 2.24) is 4.98 Å². The van der Waals surface area contributed by atoms with Gasteiger partial charge < -0.3 is 5.11 Å². The minimum atomic E-state index is -0.157. The molecule has 0 radical (unpaired) electrons. The highest BCUT2D eigenvalue weighted by molar-refractivity contribution is 7.16. The van der Waals surface area contributed by atoms with Crippen molar-refractivity contribution >= 4 is 22.4 Å². The molecule has 1 saturated heterocycles. The van der Waals surface area contributed by atoms with Crippen LogP contribution in [0.3, 0.4) is 0 Å². The normalized spacial score (nSPS) is 16.3. The van der Waals surface area contributed by atoms with E-state index in [1.165, 1.54) is 11.3 Å². The number of carbonyl (C=O) groups is 1. The monoisotopic (exact) mass is 250 g/mol. The van der Waals surface area contributed by atoms with Crippen molar-refractivity contribution in [2.75, 3.05) is 18.1 Å². The van der Waals surface area contributed by atoms with Gasteiger partial charge >= 0.3 is 0 Å². The molecule has 1 amide bonds. The van der Waals surface area contributed by atoms with Gasteiger partial charge in [-0.3, -0.25) is 9.69 Å². The summed E-state index contributed by atoms with van der Waals surface area (Å²) in [4.78, 5) is 18.6. The molecule has 1 aromatic rings. The molecule has 0 aliphatic carbocycles. The highest BCUT2D eigenvalue weighted by Crippen LogP contribution is 2.25. The van der Waals surface area contributed by atoms with Gasteiger partial charge in [-0.1, -0.05) is 29.6 Å². The van der Waals surface area contributed by atoms with E-state index in [0.29, 0.717) is 6.42 Å². The molecule has 1 fully saturated rings. The maximum absolute atomic E-state index is 11.9. The van der Waals surface area contributed by atoms with Crippen molar-refractivity contribution in [3.05, 3.63) is 11.1 Å². The first kappa shape index (κ1) is 12.1. The Balaban J connectivity index is 2.15. The van der Waals surface area contributed by atoms with Gasteiger partial charge in [0.25, 0.3) is 0 Å². The number of rotatable bonds is 1. The Hall–Kier alpha value is -1.38. The van der Waals surface area contributed by atoms with Gasteiger partial charge in [0.15, 0.2) is 5.13 Å². The standard InChI is InChI=1S/C12H14N2O2S/c15-8-4-5-10-9-13-12(17-10)14-7-3-1-2-6-11(14)16/h9,15H,1-3,6-8H2. The minimum Gasteiger partial charge on any atom is -0.384 e. The molecular weight excluding hydrogens is 236 g/mol. The lowest BCUT2D eigenvalue weighted by Crippen LogP contribution is -2.29. The molecule has 0 aromatic carbocycles. The second kappa shape index (κ2) is 5.80. The first-order chi connectivity index (χ1) is 8.31. The van der Waals surface area contributed by atoms with Crippen molar-refractivity contribution in [1.29, 1.82) is 0 Å². The van der Waals surface area contributed by atoms with E-state index in [9.17, 15) is 4.79 Å². The van der Waals surface area contributed by atoms with Crippen LogP contribution < -0.4 is 4.90 Å². The van der Waals surface area contributed by atoms with Crippen LogP contribution in [0.5, 0.6) is 0 Å². The number of aromatic nitrogens is 1. The van der Waals surface area contributed by atoms with E-state index < -0.39 is 0 Å². The molecule has 1 N–H and O–H groups in total. The summed E-state index contributed by atoms with van der Waals surface area (Å²) in [5, 5.41) is 9.33. The minimum absolute atomic E-state index is 0.151. The Labute approximate surface area is 104 Å². The van der Waals surface area contributed by atoms with Gasteiger partial charge in [-0.15, -0.1) is 0 Å². The zero-order valence-corrected chi connectivity index (χ0v) is 10.3. The van der Waals surface area contributed by atoms with Crippen LogP contribution in [0.4, 0.5) is 5.13 Å². The van der Waals surface area contributed by atoms with Crippen molar-refractivity contribution in [3.8, 4) is 11.8 Å². The van der Waals surface area contributed by atoms with E-state index in [4.69, 9.17) is 5.11 Å². The van der Waals surface area contributed by atoms with Crippen LogP contribution in [-0.4, -0.2) is 29.1 Å². The lowest BCUT2D eigenvalue weighted by Gasteiger charge is -2.16. The van der Waals surface area contributed by atoms with Gasteiger partial charge in [-0.2, -0.15) is 0 Å². The molecule has 17 heavy (non-hydrogen) atoms. The molecule has 2 rings (SSSR count). The molecule has 1 aliphatic heterocycles. The van der Waals surface area contributed by atoms with Gasteiger partial charge in [0.2, 0.25) is 5.91 Å². The first-order valence-electron chi connectivity index (χ1n) is 5.67. The summed E-state index contributed by atoms with van der Waals surface area (Å²) in [6.45, 7) is 0.592. The van der Waals surface area contributed by atoms with E-state index in [1.807, 2.05) is 0 Å². The second-order valence-corrected chi connectivity index (χ2v) is 4.83. The topological polar surface area (TPSA) is 53.4 Å². The van der Waals surface area contributed by atoms with E-state index >= 15 is 0 Å². The van der Waals surface area contributed by atoms with Crippen LogP contribution in [0.2, 0.25) is 0 Å². The summed E-state index contributed by atoms with van der Waals surface area (Å²) in [7, 11) is 0. The lowest BCUT2D eigenvalue weighted by molar-refractivity contribution is -0.118. The average molecular weight is 250 g/mol. The molecule has 0 atom stereocenters. The van der Waals surface area contributed by atoms with E-state index in [1.54, 1.807) is 11.1 Å². The van der Waals surface area contributed by atoms with Crippen LogP contribution in [0.25, 0.3) is 0 Å². The van der Waals surface area contributed by atoms with Gasteiger partial charge in [-0.25, -0.2) is 4.98 Å². The summed E-state index contributed by atoms with van der Waals surface area (Å²) in [6, 6.07) is 0. The van der Waals surface area contributed by atoms with E-state index in [2.05, 4.69) is 16.8 Å². The van der Waals surface area contributed by atoms with Crippen molar-refractivity contribution in [2.24, 2.45) is 0 Å². The van der Waals surface area contributed by atoms with Gasteiger partial charge in [0.05, 0.1) is 11.1 Å². The molecular formula is C12H14N2O2S. The molecule has 0 unspecified atom stereocenters. The lowest BCUT2D eigenvalue weighted by atomic mass is 10.2. The first-order valence-corrected chi connectivity index (χ1v) is 6.49. The maximum atomic E-state index is 11.9. The van der Waals surface area contributed by atoms with Crippen molar-refractivity contribution in [3.63, 3.8) is 0 Å². The Morgan fingerprint density at radius 3 is 3.18 bits per heavy atom. The molecule has 1 aliphatic rings. The third-order valence-electron chi connectivity index (χ3n) is 2.59. The quantitative estimate of drug-likeness (QED) is 0.766. The number of carbonyl (C=O) groups excluding carboxylic acids is 1. The predicted octanol–water partition coefficient (Wildman–Crippen LogP) is 1.39. The summed E-state index contributed by atoms with van der Waals surface area (Å²) in [5.41, 5.74) is 0. The van der Waals surface area contributed by atoms with E-state index in [0.717, 1.165) is 35.8 Å². The second-order valence-electron chi connectivity index (χ2n) is 3.82. The Kier molecular flexibility index (Phi) is 4.13. The maximum Gasteiger partial charge on any atom is 0.228 e. The number of hydrogen-bond acceptors (Lipinski definition) is 4. The van der Waals surface area contributed by atoms with Crippen LogP contribution in [0.1, 0.15) is 30.6 Å². The Morgan fingerprint density at radius 2 is 2.35 bits per heavy atom. The molecule has 90 valence electrons. The zero-order valence-electron chi connectivity index (χ0n) is 9.48. The fourth-order valence-electron chi connectivity index (χ4n) is 1.76. The SMILES string of the molecule is O=C1CCCCCN1c1ncc(C#CCO)s1. The zero-order chi connectivity index (χ0) is 12.1. The molecule has 1 aromatic heterocycles. The van der Waals surface area contributed by atoms with Crippen LogP contribution in [-0.2, 0) is 4.79 Å². The van der Waals surface area contributed by atoms with Gasteiger partial charge in [-0.05, 0) is 12.8 Å². The van der Waals surface area contributed by atoms with Crippen LogP contribution in [0.15, 0.2) is 6.20 Å². The highest BCUT2D eigenvalue weighted by Gasteiger charge is 2.20. The smallest absolute Gasteiger partial charge is 0.228 e. The van der Waals surface area contributed by atoms with E-state index in [-0.39, 0.29) is 12.5 Å². The van der Waals surface area contributed by atoms with Crippen molar-refractivity contribution < 1.29 is 9.90 Å². The molecule has 2 heterocycles. The summed E-state index contributed by atoms with van der Waals surface area (Å²) in [5.74, 6) is 5.53. The number of amides is 1. The Morgan fingerprint density at radius 1 is 1.47 bits per heavy atom. The van der Waals surface area contributed by atoms with Crippen molar-refractivity contribution in [2.45, 2.75) is 25.7 Å². The highest BCUT2D eigenvalue weighted by atomic mass is 32.1. The largest absolute Gasteiger partial charge is 0.384 e. The fourth-order valence-corrected chi connectivity index (χ4v) is 2.59. The van der Waals surface area contributed by atoms with Gasteiger partial charge in [0, 0.05) is 13.0 Å². The summed E-state index contributed by atoms with van der Waals surface area (Å²) < 4.78 is 0. The third-order valence-corrected chi connectivity index (χ3v) is 3.52. The fraction of sp³-hybridized carbons (Fsp3) is 0.500. The summed E-state index contributed by atoms with van der Waals surface area (Å²) in [6.07, 6.45) is 5.36. The average Bonchev–Trinajstić information content (AvgIpc) is 2.69. The Bertz CT molecular complexity index is 459. The predicted molar refractivity (Wildman–Crippen MR) is 66.9 cm³/mol. The number of anilines is 1. The number of hydrogen-bond donors (Lipinski definition) is 1. The molecule has 0 saturated carbocycles. The third kappa shape index (κ3) is 3.05. The van der Waals surface area contributed by atoms with Crippen LogP contribution in [0, 0.1) is 11.8 Å². The molecule has 0 bridgehead atoms. The molecule has 5 heteroatoms. The van der Waals surface area contributed by atoms with Gasteiger partial charge in [0.1, 0.15) is 6.61 Å². The number of aliphatic hydroxyl groups excluding tert-OH is 1. The number of thiazole rings is 1.